The molecule has 0 unspecified atom stereocenters. The average Bonchev–Trinajstić information content (AvgIpc) is 3.41. The van der Waals surface area contributed by atoms with E-state index in [1.807, 2.05) is 65.0 Å². The second-order valence-electron chi connectivity index (χ2n) is 9.48. The molecule has 0 radical (unpaired) electrons. The third-order valence-corrected chi connectivity index (χ3v) is 6.40. The summed E-state index contributed by atoms with van der Waals surface area (Å²) in [7, 11) is 5.12. The van der Waals surface area contributed by atoms with Gasteiger partial charge in [-0.25, -0.2) is 4.98 Å². The lowest BCUT2D eigenvalue weighted by molar-refractivity contribution is -0.119. The highest BCUT2D eigenvalue weighted by molar-refractivity contribution is 7.20. The molecule has 2 aromatic heterocycles. The van der Waals surface area contributed by atoms with Gasteiger partial charge in [0, 0.05) is 24.7 Å². The Kier molecular flexibility index (Phi) is 7.35. The van der Waals surface area contributed by atoms with Crippen LogP contribution in [0.5, 0.6) is 11.5 Å². The molecule has 10 heteroatoms. The fraction of sp³-hybridized carbons (Fsp3) is 0.346. The fourth-order valence-corrected chi connectivity index (χ4v) is 4.49. The van der Waals surface area contributed by atoms with Gasteiger partial charge in [0.15, 0.2) is 5.82 Å². The van der Waals surface area contributed by atoms with Crippen molar-refractivity contribution in [2.75, 3.05) is 38.0 Å². The lowest BCUT2D eigenvalue weighted by Gasteiger charge is -2.22. The summed E-state index contributed by atoms with van der Waals surface area (Å²) in [5, 5.41) is 12.0. The number of nitrogens with one attached hydrogen (secondary N) is 2. The molecule has 4 aromatic rings. The van der Waals surface area contributed by atoms with Crippen molar-refractivity contribution in [3.05, 3.63) is 54.1 Å². The Balaban J connectivity index is 1.52. The van der Waals surface area contributed by atoms with E-state index in [4.69, 9.17) is 19.6 Å². The summed E-state index contributed by atoms with van der Waals surface area (Å²) in [5.41, 5.74) is 2.55. The monoisotopic (exact) mass is 508 g/mol. The smallest absolute Gasteiger partial charge is 0.239 e. The molecular formula is C26H32N6O3S. The van der Waals surface area contributed by atoms with Crippen LogP contribution in [0.25, 0.3) is 16.2 Å². The summed E-state index contributed by atoms with van der Waals surface area (Å²) in [5.74, 6) is 2.26. The quantitative estimate of drug-likeness (QED) is 0.345. The number of carbonyl (C=O) groups excluding carboxylic acids is 1. The SMILES string of the molecule is COc1ccc(-c2nc3sc(N(C)CC(=O)NCc4cccc(OC)c4)nn3c2NC(C)(C)C)cc1. The maximum atomic E-state index is 12.6. The maximum Gasteiger partial charge on any atom is 0.239 e. The maximum absolute atomic E-state index is 12.6. The van der Waals surface area contributed by atoms with Crippen molar-refractivity contribution in [3.8, 4) is 22.8 Å². The number of fused-ring (bicyclic) bond motifs is 1. The first-order chi connectivity index (χ1) is 17.2. The van der Waals surface area contributed by atoms with Crippen LogP contribution >= 0.6 is 11.3 Å². The first-order valence-electron chi connectivity index (χ1n) is 11.6. The van der Waals surface area contributed by atoms with Gasteiger partial charge in [-0.1, -0.05) is 23.5 Å². The Bertz CT molecular complexity index is 1340. The number of carbonyl (C=O) groups is 1. The molecule has 0 atom stereocenters. The molecule has 0 aliphatic heterocycles. The van der Waals surface area contributed by atoms with Crippen LogP contribution in [0, 0.1) is 0 Å². The van der Waals surface area contributed by atoms with E-state index < -0.39 is 0 Å². The van der Waals surface area contributed by atoms with Crippen LogP contribution in [-0.2, 0) is 11.3 Å². The van der Waals surface area contributed by atoms with E-state index in [1.54, 1.807) is 14.2 Å². The molecule has 0 fully saturated rings. The van der Waals surface area contributed by atoms with Gasteiger partial charge in [0.25, 0.3) is 0 Å². The summed E-state index contributed by atoms with van der Waals surface area (Å²) in [6, 6.07) is 15.4. The van der Waals surface area contributed by atoms with Gasteiger partial charge in [-0.15, -0.1) is 5.10 Å². The van der Waals surface area contributed by atoms with E-state index in [1.165, 1.54) is 11.3 Å². The van der Waals surface area contributed by atoms with E-state index in [0.717, 1.165) is 39.1 Å². The number of rotatable bonds is 9. The molecule has 4 rings (SSSR count). The van der Waals surface area contributed by atoms with Gasteiger partial charge < -0.3 is 25.0 Å². The summed E-state index contributed by atoms with van der Waals surface area (Å²) < 4.78 is 12.4. The van der Waals surface area contributed by atoms with Crippen molar-refractivity contribution < 1.29 is 14.3 Å². The second kappa shape index (κ2) is 10.4. The number of methoxy groups -OCH3 is 2. The molecule has 36 heavy (non-hydrogen) atoms. The number of benzene rings is 2. The Morgan fingerprint density at radius 2 is 1.81 bits per heavy atom. The zero-order valence-corrected chi connectivity index (χ0v) is 22.3. The lowest BCUT2D eigenvalue weighted by atomic mass is 10.1. The Morgan fingerprint density at radius 3 is 2.47 bits per heavy atom. The number of hydrogen-bond donors (Lipinski definition) is 2. The van der Waals surface area contributed by atoms with Crippen molar-refractivity contribution in [2.24, 2.45) is 0 Å². The number of ether oxygens (including phenoxy) is 2. The van der Waals surface area contributed by atoms with E-state index in [-0.39, 0.29) is 18.0 Å². The Morgan fingerprint density at radius 1 is 1.08 bits per heavy atom. The van der Waals surface area contributed by atoms with Gasteiger partial charge in [0.2, 0.25) is 16.0 Å². The van der Waals surface area contributed by atoms with Crippen LogP contribution in [0.2, 0.25) is 0 Å². The molecule has 190 valence electrons. The second-order valence-corrected chi connectivity index (χ2v) is 10.4. The first-order valence-corrected chi connectivity index (χ1v) is 12.4. The molecule has 0 saturated carbocycles. The fourth-order valence-electron chi connectivity index (χ4n) is 3.63. The number of nitrogens with zero attached hydrogens (tertiary/aromatic N) is 4. The van der Waals surface area contributed by atoms with Gasteiger partial charge >= 0.3 is 0 Å². The normalized spacial score (nSPS) is 11.4. The third-order valence-electron chi connectivity index (χ3n) is 5.38. The minimum Gasteiger partial charge on any atom is -0.497 e. The van der Waals surface area contributed by atoms with Crippen LogP contribution in [0.1, 0.15) is 26.3 Å². The highest BCUT2D eigenvalue weighted by Gasteiger charge is 2.23. The zero-order valence-electron chi connectivity index (χ0n) is 21.5. The molecular weight excluding hydrogens is 476 g/mol. The molecule has 2 N–H and O–H groups in total. The number of anilines is 2. The predicted molar refractivity (Wildman–Crippen MR) is 144 cm³/mol. The molecule has 1 amide bonds. The van der Waals surface area contributed by atoms with E-state index >= 15 is 0 Å². The molecule has 0 spiro atoms. The third kappa shape index (κ3) is 5.88. The molecule has 0 aliphatic rings. The number of likely N-dealkylation sites (N-methyl/N-ethyl adjacent to an activating group) is 1. The average molecular weight is 509 g/mol. The standard InChI is InChI=1S/C26H32N6O3S/c1-26(2,3)29-23-22(18-10-12-19(34-5)13-11-18)28-24-32(23)30-25(36-24)31(4)16-21(33)27-15-17-8-7-9-20(14-17)35-6/h7-14,29H,15-16H2,1-6H3,(H,27,33). The predicted octanol–water partition coefficient (Wildman–Crippen LogP) is 4.44. The van der Waals surface area contributed by atoms with Crippen molar-refractivity contribution in [2.45, 2.75) is 32.9 Å². The number of hydrogen-bond acceptors (Lipinski definition) is 8. The van der Waals surface area contributed by atoms with Gasteiger partial charge in [-0.2, -0.15) is 4.52 Å². The van der Waals surface area contributed by atoms with Gasteiger partial charge in [0.05, 0.1) is 20.8 Å². The van der Waals surface area contributed by atoms with E-state index in [0.29, 0.717) is 11.7 Å². The molecule has 2 aromatic carbocycles. The lowest BCUT2D eigenvalue weighted by Crippen LogP contribution is -2.34. The molecule has 2 heterocycles. The number of imidazole rings is 1. The van der Waals surface area contributed by atoms with Crippen LogP contribution < -0.4 is 25.0 Å². The Hall–Kier alpha value is -3.79. The molecule has 0 bridgehead atoms. The summed E-state index contributed by atoms with van der Waals surface area (Å²) in [4.78, 5) is 20.0. The van der Waals surface area contributed by atoms with Crippen molar-refractivity contribution in [3.63, 3.8) is 0 Å². The van der Waals surface area contributed by atoms with Crippen molar-refractivity contribution >= 4 is 33.2 Å². The minimum absolute atomic E-state index is 0.0971. The van der Waals surface area contributed by atoms with Crippen molar-refractivity contribution in [1.82, 2.24) is 19.9 Å². The van der Waals surface area contributed by atoms with Crippen LogP contribution in [-0.4, -0.2) is 53.9 Å². The van der Waals surface area contributed by atoms with Crippen LogP contribution in [0.15, 0.2) is 48.5 Å². The van der Waals surface area contributed by atoms with Crippen LogP contribution in [0.3, 0.4) is 0 Å². The van der Waals surface area contributed by atoms with Gasteiger partial charge in [0.1, 0.15) is 17.2 Å². The summed E-state index contributed by atoms with van der Waals surface area (Å²) >= 11 is 1.44. The number of amides is 1. The number of aromatic nitrogens is 3. The first kappa shape index (κ1) is 25.3. The van der Waals surface area contributed by atoms with E-state index in [2.05, 4.69) is 31.4 Å². The Labute approximate surface area is 215 Å². The van der Waals surface area contributed by atoms with Crippen molar-refractivity contribution in [1.29, 1.82) is 0 Å². The zero-order chi connectivity index (χ0) is 25.9. The summed E-state index contributed by atoms with van der Waals surface area (Å²) in [6.07, 6.45) is 0. The highest BCUT2D eigenvalue weighted by atomic mass is 32.1. The summed E-state index contributed by atoms with van der Waals surface area (Å²) in [6.45, 7) is 6.88. The molecule has 9 nitrogen and oxygen atoms in total. The highest BCUT2D eigenvalue weighted by Crippen LogP contribution is 2.35. The minimum atomic E-state index is -0.202. The molecule has 0 aliphatic carbocycles. The van der Waals surface area contributed by atoms with Crippen LogP contribution in [0.4, 0.5) is 10.9 Å². The van der Waals surface area contributed by atoms with Gasteiger partial charge in [-0.05, 0) is 62.7 Å². The topological polar surface area (TPSA) is 93.0 Å². The van der Waals surface area contributed by atoms with E-state index in [9.17, 15) is 4.79 Å². The largest absolute Gasteiger partial charge is 0.497 e. The van der Waals surface area contributed by atoms with Gasteiger partial charge in [-0.3, -0.25) is 4.79 Å². The molecule has 0 saturated heterocycles.